The van der Waals surface area contributed by atoms with E-state index in [4.69, 9.17) is 5.26 Å². The van der Waals surface area contributed by atoms with E-state index in [1.165, 1.54) is 22.5 Å². The van der Waals surface area contributed by atoms with Crippen LogP contribution in [0, 0.1) is 25.2 Å². The molecule has 1 aromatic carbocycles. The largest absolute Gasteiger partial charge is 0.331 e. The van der Waals surface area contributed by atoms with Crippen molar-refractivity contribution in [2.24, 2.45) is 0 Å². The molecule has 0 bridgehead atoms. The fraction of sp³-hybridized carbons (Fsp3) is 0.167. The maximum atomic E-state index is 8.72. The number of nitrogens with one attached hydrogen (secondary N) is 1. The summed E-state index contributed by atoms with van der Waals surface area (Å²) < 4.78 is 0. The number of benzene rings is 1. The van der Waals surface area contributed by atoms with Gasteiger partial charge in [-0.2, -0.15) is 5.26 Å². The number of nitrogens with zero attached hydrogens (tertiary/aromatic N) is 2. The highest BCUT2D eigenvalue weighted by Crippen LogP contribution is 2.26. The summed E-state index contributed by atoms with van der Waals surface area (Å²) in [6, 6.07) is 8.20. The molecule has 0 unspecified atom stereocenters. The number of aryl methyl sites for hydroxylation is 2. The zero-order chi connectivity index (χ0) is 11.5. The predicted octanol–water partition coefficient (Wildman–Crippen LogP) is 3.38. The zero-order valence-electron chi connectivity index (χ0n) is 9.11. The molecule has 1 N–H and O–H groups in total. The van der Waals surface area contributed by atoms with Crippen molar-refractivity contribution in [1.82, 2.24) is 4.98 Å². The molecular weight excluding hydrogens is 218 g/mol. The van der Waals surface area contributed by atoms with Gasteiger partial charge in [0.2, 0.25) is 0 Å². The molecule has 0 saturated heterocycles. The van der Waals surface area contributed by atoms with Crippen LogP contribution in [0.1, 0.15) is 16.0 Å². The van der Waals surface area contributed by atoms with Crippen molar-refractivity contribution in [3.8, 4) is 6.07 Å². The highest BCUT2D eigenvalue weighted by atomic mass is 32.1. The van der Waals surface area contributed by atoms with Crippen molar-refractivity contribution in [1.29, 1.82) is 5.26 Å². The SMILES string of the molecule is Cc1cccc(C)c1Nc1ncc(C#N)s1. The second-order valence-electron chi connectivity index (χ2n) is 3.53. The van der Waals surface area contributed by atoms with Gasteiger partial charge in [0.1, 0.15) is 10.9 Å². The van der Waals surface area contributed by atoms with E-state index in [2.05, 4.69) is 16.4 Å². The maximum absolute atomic E-state index is 8.72. The van der Waals surface area contributed by atoms with Crippen LogP contribution < -0.4 is 5.32 Å². The summed E-state index contributed by atoms with van der Waals surface area (Å²) in [6.45, 7) is 4.10. The van der Waals surface area contributed by atoms with Crippen LogP contribution in [0.3, 0.4) is 0 Å². The Balaban J connectivity index is 2.31. The van der Waals surface area contributed by atoms with Crippen LogP contribution >= 0.6 is 11.3 Å². The fourth-order valence-electron chi connectivity index (χ4n) is 1.50. The van der Waals surface area contributed by atoms with Crippen LogP contribution in [-0.4, -0.2) is 4.98 Å². The van der Waals surface area contributed by atoms with Gasteiger partial charge in [-0.15, -0.1) is 0 Å². The number of hydrogen-bond donors (Lipinski definition) is 1. The fourth-order valence-corrected chi connectivity index (χ4v) is 2.12. The van der Waals surface area contributed by atoms with E-state index in [-0.39, 0.29) is 0 Å². The smallest absolute Gasteiger partial charge is 0.188 e. The summed E-state index contributed by atoms with van der Waals surface area (Å²) in [5, 5.41) is 12.7. The van der Waals surface area contributed by atoms with Crippen molar-refractivity contribution < 1.29 is 0 Å². The lowest BCUT2D eigenvalue weighted by Crippen LogP contribution is -1.94. The molecule has 2 aromatic rings. The molecule has 3 nitrogen and oxygen atoms in total. The molecule has 0 aliphatic heterocycles. The van der Waals surface area contributed by atoms with Gasteiger partial charge in [0.05, 0.1) is 6.20 Å². The summed E-state index contributed by atoms with van der Waals surface area (Å²) in [6.07, 6.45) is 1.58. The van der Waals surface area contributed by atoms with Crippen molar-refractivity contribution >= 4 is 22.2 Å². The third-order valence-corrected chi connectivity index (χ3v) is 3.15. The minimum atomic E-state index is 0.619. The molecule has 80 valence electrons. The Labute approximate surface area is 98.4 Å². The van der Waals surface area contributed by atoms with E-state index in [0.717, 1.165) is 10.8 Å². The minimum Gasteiger partial charge on any atom is -0.331 e. The lowest BCUT2D eigenvalue weighted by atomic mass is 10.1. The molecular formula is C12H11N3S. The van der Waals surface area contributed by atoms with Crippen LogP contribution in [0.15, 0.2) is 24.4 Å². The highest BCUT2D eigenvalue weighted by molar-refractivity contribution is 7.16. The van der Waals surface area contributed by atoms with Crippen molar-refractivity contribution in [3.05, 3.63) is 40.4 Å². The van der Waals surface area contributed by atoms with Crippen molar-refractivity contribution in [2.75, 3.05) is 5.32 Å². The Bertz CT molecular complexity index is 531. The molecule has 1 aromatic heterocycles. The quantitative estimate of drug-likeness (QED) is 0.858. The first-order valence-corrected chi connectivity index (χ1v) is 5.71. The number of nitriles is 1. The van der Waals surface area contributed by atoms with Gasteiger partial charge in [-0.3, -0.25) is 0 Å². The number of rotatable bonds is 2. The van der Waals surface area contributed by atoms with Gasteiger partial charge in [0.25, 0.3) is 0 Å². The second-order valence-corrected chi connectivity index (χ2v) is 4.56. The zero-order valence-corrected chi connectivity index (χ0v) is 9.93. The summed E-state index contributed by atoms with van der Waals surface area (Å²) in [7, 11) is 0. The van der Waals surface area contributed by atoms with E-state index in [1.54, 1.807) is 6.20 Å². The monoisotopic (exact) mass is 229 g/mol. The molecule has 1 heterocycles. The average Bonchev–Trinajstić information content (AvgIpc) is 2.71. The minimum absolute atomic E-state index is 0.619. The normalized spacial score (nSPS) is 9.81. The first-order chi connectivity index (χ1) is 7.70. The van der Waals surface area contributed by atoms with Crippen molar-refractivity contribution in [3.63, 3.8) is 0 Å². The number of anilines is 2. The molecule has 0 spiro atoms. The van der Waals surface area contributed by atoms with Crippen LogP contribution in [0.4, 0.5) is 10.8 Å². The summed E-state index contributed by atoms with van der Waals surface area (Å²) >= 11 is 1.36. The standard InChI is InChI=1S/C12H11N3S/c1-8-4-3-5-9(2)11(8)15-12-14-7-10(6-13)16-12/h3-5,7H,1-2H3,(H,14,15). The maximum Gasteiger partial charge on any atom is 0.188 e. The molecule has 0 amide bonds. The van der Waals surface area contributed by atoms with E-state index in [0.29, 0.717) is 4.88 Å². The second kappa shape index (κ2) is 4.33. The Morgan fingerprint density at radius 2 is 2.00 bits per heavy atom. The molecule has 0 saturated carbocycles. The first-order valence-electron chi connectivity index (χ1n) is 4.90. The number of hydrogen-bond acceptors (Lipinski definition) is 4. The van der Waals surface area contributed by atoms with Crippen molar-refractivity contribution in [2.45, 2.75) is 13.8 Å². The summed E-state index contributed by atoms with van der Waals surface area (Å²) in [5.41, 5.74) is 3.42. The molecule has 0 radical (unpaired) electrons. The Morgan fingerprint density at radius 1 is 1.31 bits per heavy atom. The molecule has 16 heavy (non-hydrogen) atoms. The van der Waals surface area contributed by atoms with Crippen LogP contribution in [0.25, 0.3) is 0 Å². The lowest BCUT2D eigenvalue weighted by molar-refractivity contribution is 1.32. The Hall–Kier alpha value is -1.86. The Morgan fingerprint density at radius 3 is 2.56 bits per heavy atom. The third kappa shape index (κ3) is 2.05. The van der Waals surface area contributed by atoms with Crippen LogP contribution in [-0.2, 0) is 0 Å². The first kappa shape index (κ1) is 10.7. The molecule has 4 heteroatoms. The van der Waals surface area contributed by atoms with Crippen LogP contribution in [0.2, 0.25) is 0 Å². The van der Waals surface area contributed by atoms with E-state index in [1.807, 2.05) is 32.0 Å². The molecule has 0 fully saturated rings. The van der Waals surface area contributed by atoms with E-state index < -0.39 is 0 Å². The number of aromatic nitrogens is 1. The molecule has 2 rings (SSSR count). The van der Waals surface area contributed by atoms with Gasteiger partial charge in [-0.05, 0) is 25.0 Å². The van der Waals surface area contributed by atoms with E-state index >= 15 is 0 Å². The molecule has 0 atom stereocenters. The molecule has 0 aliphatic carbocycles. The average molecular weight is 229 g/mol. The van der Waals surface area contributed by atoms with Crippen LogP contribution in [0.5, 0.6) is 0 Å². The molecule has 0 aliphatic rings. The Kier molecular flexibility index (Phi) is 2.88. The summed E-state index contributed by atoms with van der Waals surface area (Å²) in [5.74, 6) is 0. The topological polar surface area (TPSA) is 48.7 Å². The van der Waals surface area contributed by atoms with Gasteiger partial charge < -0.3 is 5.32 Å². The third-order valence-electron chi connectivity index (χ3n) is 2.33. The lowest BCUT2D eigenvalue weighted by Gasteiger charge is -2.09. The summed E-state index contributed by atoms with van der Waals surface area (Å²) in [4.78, 5) is 4.77. The number of para-hydroxylation sites is 1. The van der Waals surface area contributed by atoms with Gasteiger partial charge in [0, 0.05) is 5.69 Å². The van der Waals surface area contributed by atoms with Gasteiger partial charge in [-0.1, -0.05) is 29.5 Å². The van der Waals surface area contributed by atoms with Gasteiger partial charge in [0.15, 0.2) is 5.13 Å². The predicted molar refractivity (Wildman–Crippen MR) is 66.0 cm³/mol. The van der Waals surface area contributed by atoms with Gasteiger partial charge in [-0.25, -0.2) is 4.98 Å². The van der Waals surface area contributed by atoms with Gasteiger partial charge >= 0.3 is 0 Å². The highest BCUT2D eigenvalue weighted by Gasteiger charge is 2.05. The van der Waals surface area contributed by atoms with E-state index in [9.17, 15) is 0 Å². The number of thiazole rings is 1.